The number of halogens is 1. The number of rotatable bonds is 4. The SMILES string of the molecule is COc1ccc(=O)n(CC(=O)c2ccccc2F)n1. The first-order chi connectivity index (χ1) is 9.11. The Hall–Kier alpha value is -2.50. The lowest BCUT2D eigenvalue weighted by atomic mass is 10.1. The maximum atomic E-state index is 13.4. The van der Waals surface area contributed by atoms with E-state index in [4.69, 9.17) is 4.74 Å². The number of carbonyl (C=O) groups is 1. The number of benzene rings is 1. The zero-order chi connectivity index (χ0) is 13.8. The predicted molar refractivity (Wildman–Crippen MR) is 65.8 cm³/mol. The standard InChI is InChI=1S/C13H11FN2O3/c1-19-12-6-7-13(18)16(15-12)8-11(17)9-4-2-3-5-10(9)14/h2-7H,8H2,1H3. The van der Waals surface area contributed by atoms with Crippen molar-refractivity contribution in [2.24, 2.45) is 0 Å². The molecule has 1 aromatic carbocycles. The van der Waals surface area contributed by atoms with Crippen LogP contribution in [0.4, 0.5) is 4.39 Å². The van der Waals surface area contributed by atoms with E-state index in [-0.39, 0.29) is 18.0 Å². The average molecular weight is 262 g/mol. The molecule has 1 aromatic heterocycles. The number of hydrogen-bond acceptors (Lipinski definition) is 4. The van der Waals surface area contributed by atoms with Crippen LogP contribution in [0.5, 0.6) is 5.88 Å². The van der Waals surface area contributed by atoms with Gasteiger partial charge < -0.3 is 4.74 Å². The normalized spacial score (nSPS) is 10.2. The summed E-state index contributed by atoms with van der Waals surface area (Å²) in [5.74, 6) is -0.940. The molecule has 6 heteroatoms. The van der Waals surface area contributed by atoms with Crippen LogP contribution in [-0.4, -0.2) is 22.7 Å². The van der Waals surface area contributed by atoms with E-state index in [0.717, 1.165) is 4.68 Å². The van der Waals surface area contributed by atoms with Crippen molar-refractivity contribution in [1.29, 1.82) is 0 Å². The third-order valence-corrected chi connectivity index (χ3v) is 2.52. The number of nitrogens with zero attached hydrogens (tertiary/aromatic N) is 2. The summed E-state index contributed by atoms with van der Waals surface area (Å²) in [6, 6.07) is 8.23. The molecule has 0 spiro atoms. The number of aromatic nitrogens is 2. The number of carbonyl (C=O) groups excluding carboxylic acids is 1. The van der Waals surface area contributed by atoms with Gasteiger partial charge in [-0.3, -0.25) is 9.59 Å². The summed E-state index contributed by atoms with van der Waals surface area (Å²) in [4.78, 5) is 23.4. The molecule has 0 atom stereocenters. The van der Waals surface area contributed by atoms with E-state index in [2.05, 4.69) is 5.10 Å². The Balaban J connectivity index is 2.29. The van der Waals surface area contributed by atoms with Gasteiger partial charge >= 0.3 is 0 Å². The Bertz CT molecular complexity index is 667. The fourth-order valence-electron chi connectivity index (χ4n) is 1.56. The second-order valence-corrected chi connectivity index (χ2v) is 3.77. The number of hydrogen-bond donors (Lipinski definition) is 0. The maximum absolute atomic E-state index is 13.4. The Morgan fingerprint density at radius 1 is 1.32 bits per heavy atom. The molecule has 98 valence electrons. The van der Waals surface area contributed by atoms with Gasteiger partial charge in [-0.25, -0.2) is 9.07 Å². The molecule has 0 aliphatic carbocycles. The first kappa shape index (κ1) is 12.9. The molecular formula is C13H11FN2O3. The average Bonchev–Trinajstić information content (AvgIpc) is 2.41. The van der Waals surface area contributed by atoms with E-state index in [0.29, 0.717) is 0 Å². The summed E-state index contributed by atoms with van der Waals surface area (Å²) in [6.45, 7) is -0.336. The minimum Gasteiger partial charge on any atom is -0.480 e. The van der Waals surface area contributed by atoms with Crippen LogP contribution in [0.25, 0.3) is 0 Å². The molecule has 0 bridgehead atoms. The van der Waals surface area contributed by atoms with Gasteiger partial charge in [0.1, 0.15) is 12.4 Å². The van der Waals surface area contributed by atoms with Crippen LogP contribution < -0.4 is 10.3 Å². The maximum Gasteiger partial charge on any atom is 0.267 e. The Labute approximate surface area is 108 Å². The molecule has 0 N–H and O–H groups in total. The smallest absolute Gasteiger partial charge is 0.267 e. The lowest BCUT2D eigenvalue weighted by Crippen LogP contribution is -2.26. The molecule has 2 rings (SSSR count). The number of ether oxygens (including phenoxy) is 1. The highest BCUT2D eigenvalue weighted by atomic mass is 19.1. The Kier molecular flexibility index (Phi) is 3.70. The van der Waals surface area contributed by atoms with Crippen molar-refractivity contribution in [2.75, 3.05) is 7.11 Å². The van der Waals surface area contributed by atoms with Crippen molar-refractivity contribution in [1.82, 2.24) is 9.78 Å². The van der Waals surface area contributed by atoms with E-state index in [1.54, 1.807) is 6.07 Å². The van der Waals surface area contributed by atoms with Gasteiger partial charge in [0.15, 0.2) is 5.78 Å². The highest BCUT2D eigenvalue weighted by Crippen LogP contribution is 2.08. The minimum absolute atomic E-state index is 0.0704. The first-order valence-electron chi connectivity index (χ1n) is 5.51. The van der Waals surface area contributed by atoms with Crippen LogP contribution in [0.15, 0.2) is 41.2 Å². The van der Waals surface area contributed by atoms with Crippen LogP contribution in [-0.2, 0) is 6.54 Å². The zero-order valence-electron chi connectivity index (χ0n) is 10.2. The number of methoxy groups -OCH3 is 1. The van der Waals surface area contributed by atoms with Crippen molar-refractivity contribution in [2.45, 2.75) is 6.54 Å². The van der Waals surface area contributed by atoms with Crippen LogP contribution in [0.1, 0.15) is 10.4 Å². The summed E-state index contributed by atoms with van der Waals surface area (Å²) >= 11 is 0. The van der Waals surface area contributed by atoms with Gasteiger partial charge in [-0.2, -0.15) is 0 Å². The highest BCUT2D eigenvalue weighted by Gasteiger charge is 2.13. The van der Waals surface area contributed by atoms with Crippen molar-refractivity contribution in [3.8, 4) is 5.88 Å². The van der Waals surface area contributed by atoms with Crippen LogP contribution >= 0.6 is 0 Å². The summed E-state index contributed by atoms with van der Waals surface area (Å²) in [7, 11) is 1.40. The van der Waals surface area contributed by atoms with Crippen molar-refractivity contribution in [3.63, 3.8) is 0 Å². The largest absolute Gasteiger partial charge is 0.480 e. The Morgan fingerprint density at radius 3 is 2.74 bits per heavy atom. The molecule has 0 aliphatic rings. The monoisotopic (exact) mass is 262 g/mol. The second kappa shape index (κ2) is 5.43. The van der Waals surface area contributed by atoms with Gasteiger partial charge in [0.2, 0.25) is 5.88 Å². The third kappa shape index (κ3) is 2.85. The van der Waals surface area contributed by atoms with Gasteiger partial charge in [-0.1, -0.05) is 12.1 Å². The van der Waals surface area contributed by atoms with Crippen LogP contribution in [0.3, 0.4) is 0 Å². The molecule has 2 aromatic rings. The molecule has 19 heavy (non-hydrogen) atoms. The molecule has 5 nitrogen and oxygen atoms in total. The third-order valence-electron chi connectivity index (χ3n) is 2.52. The summed E-state index contributed by atoms with van der Waals surface area (Å²) < 4.78 is 19.2. The van der Waals surface area contributed by atoms with E-state index in [1.807, 2.05) is 0 Å². The van der Waals surface area contributed by atoms with Gasteiger partial charge in [0.05, 0.1) is 12.7 Å². The lowest BCUT2D eigenvalue weighted by molar-refractivity contribution is 0.0961. The molecule has 0 fully saturated rings. The van der Waals surface area contributed by atoms with Gasteiger partial charge in [-0.15, -0.1) is 5.10 Å². The Morgan fingerprint density at radius 2 is 2.05 bits per heavy atom. The first-order valence-corrected chi connectivity index (χ1v) is 5.51. The highest BCUT2D eigenvalue weighted by molar-refractivity contribution is 5.96. The van der Waals surface area contributed by atoms with E-state index >= 15 is 0 Å². The van der Waals surface area contributed by atoms with Gasteiger partial charge in [0, 0.05) is 12.1 Å². The minimum atomic E-state index is -0.622. The molecule has 0 unspecified atom stereocenters. The molecule has 0 radical (unpaired) electrons. The van der Waals surface area contributed by atoms with Crippen LogP contribution in [0.2, 0.25) is 0 Å². The second-order valence-electron chi connectivity index (χ2n) is 3.77. The van der Waals surface area contributed by atoms with Gasteiger partial charge in [0.25, 0.3) is 5.56 Å². The van der Waals surface area contributed by atoms with E-state index in [1.165, 1.54) is 37.4 Å². The zero-order valence-corrected chi connectivity index (χ0v) is 10.2. The summed E-state index contributed by atoms with van der Waals surface area (Å²) in [5.41, 5.74) is -0.524. The fourth-order valence-corrected chi connectivity index (χ4v) is 1.56. The number of ketones is 1. The topological polar surface area (TPSA) is 61.2 Å². The number of Topliss-reactive ketones (excluding diaryl/α,β-unsaturated/α-hetero) is 1. The molecule has 0 saturated carbocycles. The van der Waals surface area contributed by atoms with Crippen molar-refractivity contribution in [3.05, 3.63) is 58.1 Å². The van der Waals surface area contributed by atoms with E-state index < -0.39 is 17.2 Å². The lowest BCUT2D eigenvalue weighted by Gasteiger charge is -2.06. The van der Waals surface area contributed by atoms with Crippen LogP contribution in [0, 0.1) is 5.82 Å². The molecular weight excluding hydrogens is 251 g/mol. The predicted octanol–water partition coefficient (Wildman–Crippen LogP) is 1.27. The molecule has 0 amide bonds. The van der Waals surface area contributed by atoms with Gasteiger partial charge in [-0.05, 0) is 12.1 Å². The molecule has 0 aliphatic heterocycles. The molecule has 0 saturated heterocycles. The fraction of sp³-hybridized carbons (Fsp3) is 0.154. The van der Waals surface area contributed by atoms with Crippen molar-refractivity contribution < 1.29 is 13.9 Å². The summed E-state index contributed by atoms with van der Waals surface area (Å²) in [5, 5.41) is 3.82. The quantitative estimate of drug-likeness (QED) is 0.778. The molecule has 1 heterocycles. The van der Waals surface area contributed by atoms with E-state index in [9.17, 15) is 14.0 Å². The summed E-state index contributed by atoms with van der Waals surface area (Å²) in [6.07, 6.45) is 0. The van der Waals surface area contributed by atoms with Crippen molar-refractivity contribution >= 4 is 5.78 Å².